The van der Waals surface area contributed by atoms with E-state index in [1.165, 1.54) is 0 Å². The first-order valence-electron chi connectivity index (χ1n) is 7.19. The summed E-state index contributed by atoms with van der Waals surface area (Å²) in [4.78, 5) is 8.59. The summed E-state index contributed by atoms with van der Waals surface area (Å²) in [5.74, 6) is 0.567. The summed E-state index contributed by atoms with van der Waals surface area (Å²) >= 11 is 0. The monoisotopic (exact) mass is 280 g/mol. The van der Waals surface area contributed by atoms with E-state index in [1.807, 2.05) is 27.7 Å². The smallest absolute Gasteiger partial charge is 0.235 e. The SMILES string of the molecule is Cc1cnc(OCC(C)(C)OC2CCCCO2)c(C)n1. The van der Waals surface area contributed by atoms with Gasteiger partial charge in [0, 0.05) is 6.61 Å². The minimum Gasteiger partial charge on any atom is -0.473 e. The topological polar surface area (TPSA) is 53.5 Å². The summed E-state index contributed by atoms with van der Waals surface area (Å²) in [6, 6.07) is 0. The lowest BCUT2D eigenvalue weighted by molar-refractivity contribution is -0.221. The van der Waals surface area contributed by atoms with E-state index >= 15 is 0 Å². The van der Waals surface area contributed by atoms with Crippen LogP contribution in [0.2, 0.25) is 0 Å². The van der Waals surface area contributed by atoms with E-state index in [9.17, 15) is 0 Å². The molecule has 0 bridgehead atoms. The summed E-state index contributed by atoms with van der Waals surface area (Å²) in [5.41, 5.74) is 1.27. The normalized spacial score (nSPS) is 19.9. The largest absolute Gasteiger partial charge is 0.473 e. The first-order valence-corrected chi connectivity index (χ1v) is 7.19. The van der Waals surface area contributed by atoms with Gasteiger partial charge in [-0.3, -0.25) is 4.98 Å². The van der Waals surface area contributed by atoms with Gasteiger partial charge in [-0.2, -0.15) is 0 Å². The van der Waals surface area contributed by atoms with Gasteiger partial charge in [0.1, 0.15) is 6.61 Å². The molecule has 0 aliphatic carbocycles. The molecule has 0 spiro atoms. The van der Waals surface area contributed by atoms with Crippen LogP contribution >= 0.6 is 0 Å². The Morgan fingerprint density at radius 1 is 1.35 bits per heavy atom. The molecule has 0 radical (unpaired) electrons. The average molecular weight is 280 g/mol. The van der Waals surface area contributed by atoms with Gasteiger partial charge in [0.05, 0.1) is 23.2 Å². The summed E-state index contributed by atoms with van der Waals surface area (Å²) < 4.78 is 17.3. The van der Waals surface area contributed by atoms with E-state index in [0.29, 0.717) is 12.5 Å². The van der Waals surface area contributed by atoms with Crippen molar-refractivity contribution < 1.29 is 14.2 Å². The zero-order valence-electron chi connectivity index (χ0n) is 12.8. The van der Waals surface area contributed by atoms with E-state index in [4.69, 9.17) is 14.2 Å². The predicted octanol–water partition coefficient (Wildman–Crippen LogP) is 2.79. The summed E-state index contributed by atoms with van der Waals surface area (Å²) in [6.45, 7) is 9.02. The van der Waals surface area contributed by atoms with Gasteiger partial charge in [-0.1, -0.05) is 0 Å². The number of aromatic nitrogens is 2. The Bertz CT molecular complexity index is 443. The van der Waals surface area contributed by atoms with Crippen LogP contribution in [0.15, 0.2) is 6.20 Å². The Labute approximate surface area is 120 Å². The Morgan fingerprint density at radius 2 is 2.15 bits per heavy atom. The van der Waals surface area contributed by atoms with E-state index in [0.717, 1.165) is 37.3 Å². The number of rotatable bonds is 5. The van der Waals surface area contributed by atoms with Crippen LogP contribution in [0.3, 0.4) is 0 Å². The molecule has 20 heavy (non-hydrogen) atoms. The Hall–Kier alpha value is -1.20. The summed E-state index contributed by atoms with van der Waals surface area (Å²) in [6.07, 6.45) is 4.82. The van der Waals surface area contributed by atoms with E-state index in [-0.39, 0.29) is 6.29 Å². The molecule has 112 valence electrons. The number of hydrogen-bond acceptors (Lipinski definition) is 5. The fraction of sp³-hybridized carbons (Fsp3) is 0.733. The molecule has 0 aromatic carbocycles. The van der Waals surface area contributed by atoms with Crippen molar-refractivity contribution in [2.75, 3.05) is 13.2 Å². The number of nitrogens with zero attached hydrogens (tertiary/aromatic N) is 2. The molecule has 1 aromatic rings. The first kappa shape index (κ1) is 15.2. The molecule has 2 rings (SSSR count). The van der Waals surface area contributed by atoms with Crippen molar-refractivity contribution in [1.82, 2.24) is 9.97 Å². The van der Waals surface area contributed by atoms with Crippen molar-refractivity contribution in [2.45, 2.75) is 58.8 Å². The van der Waals surface area contributed by atoms with Crippen LogP contribution in [0.5, 0.6) is 5.88 Å². The van der Waals surface area contributed by atoms with Crippen LogP contribution in [0.25, 0.3) is 0 Å². The zero-order valence-corrected chi connectivity index (χ0v) is 12.8. The van der Waals surface area contributed by atoms with E-state index in [1.54, 1.807) is 6.20 Å². The molecular weight excluding hydrogens is 256 g/mol. The van der Waals surface area contributed by atoms with Crippen molar-refractivity contribution >= 4 is 0 Å². The van der Waals surface area contributed by atoms with Crippen LogP contribution in [-0.4, -0.2) is 35.1 Å². The third-order valence-electron chi connectivity index (χ3n) is 3.17. The highest BCUT2D eigenvalue weighted by Crippen LogP contribution is 2.22. The summed E-state index contributed by atoms with van der Waals surface area (Å²) in [5, 5.41) is 0. The molecule has 2 heterocycles. The molecule has 0 amide bonds. The quantitative estimate of drug-likeness (QED) is 0.830. The third-order valence-corrected chi connectivity index (χ3v) is 3.17. The second-order valence-electron chi connectivity index (χ2n) is 5.86. The highest BCUT2D eigenvalue weighted by Gasteiger charge is 2.27. The minimum absolute atomic E-state index is 0.118. The van der Waals surface area contributed by atoms with Gasteiger partial charge in [0.25, 0.3) is 0 Å². The molecular formula is C15H24N2O3. The highest BCUT2D eigenvalue weighted by molar-refractivity contribution is 5.17. The molecule has 1 aliphatic heterocycles. The predicted molar refractivity (Wildman–Crippen MR) is 75.8 cm³/mol. The number of aryl methyl sites for hydroxylation is 2. The van der Waals surface area contributed by atoms with Crippen LogP contribution in [0.4, 0.5) is 0 Å². The second kappa shape index (κ2) is 6.50. The van der Waals surface area contributed by atoms with Gasteiger partial charge in [0.2, 0.25) is 5.88 Å². The average Bonchev–Trinajstić information content (AvgIpc) is 2.38. The zero-order chi connectivity index (χ0) is 14.6. The maximum absolute atomic E-state index is 5.97. The first-order chi connectivity index (χ1) is 9.46. The van der Waals surface area contributed by atoms with Gasteiger partial charge < -0.3 is 14.2 Å². The maximum Gasteiger partial charge on any atom is 0.235 e. The van der Waals surface area contributed by atoms with Gasteiger partial charge >= 0.3 is 0 Å². The molecule has 1 unspecified atom stereocenters. The molecule has 5 heteroatoms. The number of hydrogen-bond donors (Lipinski definition) is 0. The molecule has 1 aliphatic rings. The van der Waals surface area contributed by atoms with E-state index < -0.39 is 5.60 Å². The molecule has 0 N–H and O–H groups in total. The molecule has 1 saturated heterocycles. The van der Waals surface area contributed by atoms with Gasteiger partial charge in [-0.25, -0.2) is 4.98 Å². The minimum atomic E-state index is -0.416. The van der Waals surface area contributed by atoms with Crippen LogP contribution < -0.4 is 4.74 Å². The Morgan fingerprint density at radius 3 is 2.80 bits per heavy atom. The lowest BCUT2D eigenvalue weighted by Gasteiger charge is -2.32. The number of ether oxygens (including phenoxy) is 3. The lowest BCUT2D eigenvalue weighted by atomic mass is 10.1. The van der Waals surface area contributed by atoms with Crippen LogP contribution in [0.1, 0.15) is 44.5 Å². The van der Waals surface area contributed by atoms with Gasteiger partial charge in [-0.05, 0) is 47.0 Å². The second-order valence-corrected chi connectivity index (χ2v) is 5.86. The standard InChI is InChI=1S/C15H24N2O3/c1-11-9-16-14(12(2)17-11)19-10-15(3,4)20-13-7-5-6-8-18-13/h9,13H,5-8,10H2,1-4H3. The molecule has 5 nitrogen and oxygen atoms in total. The van der Waals surface area contributed by atoms with Crippen molar-refractivity contribution in [1.29, 1.82) is 0 Å². The fourth-order valence-electron chi connectivity index (χ4n) is 2.16. The van der Waals surface area contributed by atoms with Gasteiger partial charge in [-0.15, -0.1) is 0 Å². The Balaban J connectivity index is 1.87. The van der Waals surface area contributed by atoms with Crippen LogP contribution in [-0.2, 0) is 9.47 Å². The van der Waals surface area contributed by atoms with Gasteiger partial charge in [0.15, 0.2) is 6.29 Å². The lowest BCUT2D eigenvalue weighted by Crippen LogP contribution is -2.39. The Kier molecular flexibility index (Phi) is 4.94. The maximum atomic E-state index is 5.97. The van der Waals surface area contributed by atoms with Crippen molar-refractivity contribution in [3.8, 4) is 5.88 Å². The van der Waals surface area contributed by atoms with Crippen molar-refractivity contribution in [3.63, 3.8) is 0 Å². The molecule has 0 saturated carbocycles. The fourth-order valence-corrected chi connectivity index (χ4v) is 2.16. The van der Waals surface area contributed by atoms with Crippen LogP contribution in [0, 0.1) is 13.8 Å². The molecule has 1 atom stereocenters. The third kappa shape index (κ3) is 4.42. The molecule has 1 fully saturated rings. The van der Waals surface area contributed by atoms with Crippen molar-refractivity contribution in [2.24, 2.45) is 0 Å². The van der Waals surface area contributed by atoms with Crippen molar-refractivity contribution in [3.05, 3.63) is 17.6 Å². The van der Waals surface area contributed by atoms with E-state index in [2.05, 4.69) is 9.97 Å². The summed E-state index contributed by atoms with van der Waals surface area (Å²) in [7, 11) is 0. The highest BCUT2D eigenvalue weighted by atomic mass is 16.7. The molecule has 1 aromatic heterocycles.